The number of aryl methyl sites for hydroxylation is 1. The number of hydrogen-bond donors (Lipinski definition) is 4. The number of carboxylic acid groups (broad SMARTS) is 2. The zero-order valence-electron chi connectivity index (χ0n) is 11.0. The van der Waals surface area contributed by atoms with Gasteiger partial charge in [0.1, 0.15) is 16.9 Å². The Morgan fingerprint density at radius 2 is 1.57 bits per heavy atom. The smallest absolute Gasteiger partial charge is 0.342 e. The summed E-state index contributed by atoms with van der Waals surface area (Å²) >= 11 is 0. The first kappa shape index (κ1) is 14.3. The predicted octanol–water partition coefficient (Wildman–Crippen LogP) is 1.33. The number of aromatic nitrogens is 1. The standard InChI is InChI=1S/C14H12N2O5/c1-6-2-4-7(5-3-6)8-9(13(18)19)11(15)16-12(17)10(8)14(20)21/h2-5H,1H3,(H,18,19)(H,20,21)(H3,15,16,17). The average molecular weight is 288 g/mol. The molecule has 0 aliphatic carbocycles. The first-order valence-electron chi connectivity index (χ1n) is 5.92. The molecule has 5 N–H and O–H groups in total. The summed E-state index contributed by atoms with van der Waals surface area (Å²) in [5.41, 5.74) is 4.51. The molecule has 0 saturated heterocycles. The Balaban J connectivity index is 2.95. The van der Waals surface area contributed by atoms with Crippen molar-refractivity contribution in [2.24, 2.45) is 0 Å². The van der Waals surface area contributed by atoms with Gasteiger partial charge >= 0.3 is 11.9 Å². The van der Waals surface area contributed by atoms with E-state index in [9.17, 15) is 24.6 Å². The Kier molecular flexibility index (Phi) is 3.49. The number of aromatic carboxylic acids is 2. The number of aromatic amines is 1. The van der Waals surface area contributed by atoms with Gasteiger partial charge in [0, 0.05) is 5.56 Å². The minimum absolute atomic E-state index is 0.198. The Labute approximate surface area is 118 Å². The molecule has 7 nitrogen and oxygen atoms in total. The van der Waals surface area contributed by atoms with Crippen LogP contribution in [-0.2, 0) is 0 Å². The molecule has 2 aromatic rings. The van der Waals surface area contributed by atoms with Gasteiger partial charge in [-0.1, -0.05) is 29.8 Å². The Bertz CT molecular complexity index is 790. The Morgan fingerprint density at radius 3 is 2.05 bits per heavy atom. The third-order valence-corrected chi connectivity index (χ3v) is 3.01. The minimum Gasteiger partial charge on any atom is -0.478 e. The molecule has 0 aliphatic rings. The van der Waals surface area contributed by atoms with E-state index in [0.29, 0.717) is 5.56 Å². The van der Waals surface area contributed by atoms with Crippen LogP contribution in [0.4, 0.5) is 5.82 Å². The van der Waals surface area contributed by atoms with Crippen molar-refractivity contribution < 1.29 is 19.8 Å². The number of nitrogens with two attached hydrogens (primary N) is 1. The van der Waals surface area contributed by atoms with Crippen LogP contribution in [0.25, 0.3) is 11.1 Å². The van der Waals surface area contributed by atoms with Gasteiger partial charge in [-0.15, -0.1) is 0 Å². The van der Waals surface area contributed by atoms with Crippen molar-refractivity contribution in [2.75, 3.05) is 5.73 Å². The van der Waals surface area contributed by atoms with Gasteiger partial charge in [0.05, 0.1) is 0 Å². The van der Waals surface area contributed by atoms with E-state index in [-0.39, 0.29) is 11.4 Å². The molecule has 1 aromatic heterocycles. The molecule has 1 aromatic carbocycles. The van der Waals surface area contributed by atoms with E-state index in [1.807, 2.05) is 6.92 Å². The molecule has 0 saturated carbocycles. The lowest BCUT2D eigenvalue weighted by atomic mass is 9.95. The first-order valence-corrected chi connectivity index (χ1v) is 5.92. The van der Waals surface area contributed by atoms with Gasteiger partial charge in [0.2, 0.25) is 0 Å². The number of anilines is 1. The summed E-state index contributed by atoms with van der Waals surface area (Å²) in [5, 5.41) is 18.5. The first-order chi connectivity index (χ1) is 9.82. The number of H-pyrrole nitrogens is 1. The van der Waals surface area contributed by atoms with Crippen LogP contribution in [0.3, 0.4) is 0 Å². The van der Waals surface area contributed by atoms with Gasteiger partial charge in [-0.2, -0.15) is 0 Å². The van der Waals surface area contributed by atoms with E-state index < -0.39 is 28.6 Å². The Morgan fingerprint density at radius 1 is 1.05 bits per heavy atom. The van der Waals surface area contributed by atoms with Gasteiger partial charge in [-0.3, -0.25) is 4.79 Å². The lowest BCUT2D eigenvalue weighted by Gasteiger charge is -2.12. The fourth-order valence-corrected chi connectivity index (χ4v) is 2.06. The third kappa shape index (κ3) is 2.48. The molecule has 2 rings (SSSR count). The fourth-order valence-electron chi connectivity index (χ4n) is 2.06. The summed E-state index contributed by atoms with van der Waals surface area (Å²) in [6.45, 7) is 1.83. The van der Waals surface area contributed by atoms with Crippen molar-refractivity contribution in [1.82, 2.24) is 4.98 Å². The van der Waals surface area contributed by atoms with Crippen LogP contribution in [0.5, 0.6) is 0 Å². The molecule has 0 bridgehead atoms. The van der Waals surface area contributed by atoms with Crippen LogP contribution in [0.2, 0.25) is 0 Å². The normalized spacial score (nSPS) is 10.3. The number of nitrogens with one attached hydrogen (secondary N) is 1. The maximum Gasteiger partial charge on any atom is 0.342 e. The molecule has 0 radical (unpaired) electrons. The van der Waals surface area contributed by atoms with Crippen LogP contribution >= 0.6 is 0 Å². The van der Waals surface area contributed by atoms with Gasteiger partial charge < -0.3 is 20.9 Å². The largest absolute Gasteiger partial charge is 0.478 e. The number of carbonyl (C=O) groups is 2. The molecule has 0 atom stereocenters. The number of nitrogen functional groups attached to an aromatic ring is 1. The second kappa shape index (κ2) is 5.12. The van der Waals surface area contributed by atoms with Crippen LogP contribution < -0.4 is 11.3 Å². The molecular weight excluding hydrogens is 276 g/mol. The van der Waals surface area contributed by atoms with E-state index in [2.05, 4.69) is 4.98 Å². The molecule has 108 valence electrons. The van der Waals surface area contributed by atoms with Crippen LogP contribution in [0.1, 0.15) is 26.3 Å². The summed E-state index contributed by atoms with van der Waals surface area (Å²) in [5.74, 6) is -3.32. The van der Waals surface area contributed by atoms with Gasteiger partial charge in [-0.05, 0) is 12.5 Å². The molecule has 0 aliphatic heterocycles. The summed E-state index contributed by atoms with van der Waals surface area (Å²) in [4.78, 5) is 36.5. The number of pyridine rings is 1. The van der Waals surface area contributed by atoms with Crippen LogP contribution in [0.15, 0.2) is 29.1 Å². The highest BCUT2D eigenvalue weighted by Crippen LogP contribution is 2.29. The molecule has 0 unspecified atom stereocenters. The SMILES string of the molecule is Cc1ccc(-c2c(C(=O)O)c(N)[nH]c(=O)c2C(=O)O)cc1. The lowest BCUT2D eigenvalue weighted by molar-refractivity contribution is 0.0695. The van der Waals surface area contributed by atoms with Gasteiger partial charge in [-0.25, -0.2) is 9.59 Å². The van der Waals surface area contributed by atoms with E-state index in [0.717, 1.165) is 5.56 Å². The molecule has 0 spiro atoms. The van der Waals surface area contributed by atoms with Crippen molar-refractivity contribution in [2.45, 2.75) is 6.92 Å². The van der Waals surface area contributed by atoms with Crippen molar-refractivity contribution in [3.8, 4) is 11.1 Å². The minimum atomic E-state index is -1.52. The summed E-state index contributed by atoms with van der Waals surface area (Å²) < 4.78 is 0. The molecule has 0 fully saturated rings. The fraction of sp³-hybridized carbons (Fsp3) is 0.0714. The highest BCUT2D eigenvalue weighted by molar-refractivity contribution is 6.07. The maximum absolute atomic E-state index is 11.8. The third-order valence-electron chi connectivity index (χ3n) is 3.01. The summed E-state index contributed by atoms with van der Waals surface area (Å²) in [7, 11) is 0. The van der Waals surface area contributed by atoms with Crippen molar-refractivity contribution >= 4 is 17.8 Å². The number of carboxylic acids is 2. The van der Waals surface area contributed by atoms with E-state index >= 15 is 0 Å². The molecule has 21 heavy (non-hydrogen) atoms. The number of rotatable bonds is 3. The van der Waals surface area contributed by atoms with E-state index in [1.165, 1.54) is 0 Å². The topological polar surface area (TPSA) is 133 Å². The molecule has 0 amide bonds. The van der Waals surface area contributed by atoms with E-state index in [4.69, 9.17) is 5.73 Å². The monoisotopic (exact) mass is 288 g/mol. The lowest BCUT2D eigenvalue weighted by Crippen LogP contribution is -2.24. The maximum atomic E-state index is 11.8. The predicted molar refractivity (Wildman–Crippen MR) is 75.6 cm³/mol. The molecule has 7 heteroatoms. The quantitative estimate of drug-likeness (QED) is 0.673. The molecular formula is C14H12N2O5. The average Bonchev–Trinajstić information content (AvgIpc) is 2.37. The highest BCUT2D eigenvalue weighted by Gasteiger charge is 2.26. The molecule has 1 heterocycles. The van der Waals surface area contributed by atoms with Crippen LogP contribution in [-0.4, -0.2) is 27.1 Å². The van der Waals surface area contributed by atoms with Crippen molar-refractivity contribution in [3.63, 3.8) is 0 Å². The summed E-state index contributed by atoms with van der Waals surface area (Å²) in [6.07, 6.45) is 0. The number of hydrogen-bond acceptors (Lipinski definition) is 4. The van der Waals surface area contributed by atoms with Crippen LogP contribution in [0, 0.1) is 6.92 Å². The zero-order valence-corrected chi connectivity index (χ0v) is 11.0. The van der Waals surface area contributed by atoms with Crippen molar-refractivity contribution in [1.29, 1.82) is 0 Å². The summed E-state index contributed by atoms with van der Waals surface area (Å²) in [6, 6.07) is 6.46. The second-order valence-electron chi connectivity index (χ2n) is 4.47. The second-order valence-corrected chi connectivity index (χ2v) is 4.47. The van der Waals surface area contributed by atoms with Gasteiger partial charge in [0.15, 0.2) is 0 Å². The van der Waals surface area contributed by atoms with Crippen molar-refractivity contribution in [3.05, 3.63) is 51.3 Å². The zero-order chi connectivity index (χ0) is 15.7. The number of benzene rings is 1. The van der Waals surface area contributed by atoms with E-state index in [1.54, 1.807) is 24.3 Å². The van der Waals surface area contributed by atoms with Gasteiger partial charge in [0.25, 0.3) is 5.56 Å². The highest BCUT2D eigenvalue weighted by atomic mass is 16.4. The Hall–Kier alpha value is -3.09.